The van der Waals surface area contributed by atoms with E-state index in [-0.39, 0.29) is 11.8 Å². The van der Waals surface area contributed by atoms with Gasteiger partial charge in [-0.1, -0.05) is 30.3 Å². The molecule has 2 saturated heterocycles. The molecule has 6 nitrogen and oxygen atoms in total. The summed E-state index contributed by atoms with van der Waals surface area (Å²) in [5.41, 5.74) is 1.38. The van der Waals surface area contributed by atoms with E-state index in [9.17, 15) is 4.79 Å². The number of carbonyl (C=O) groups is 1. The van der Waals surface area contributed by atoms with Crippen LogP contribution < -0.4 is 15.0 Å². The molecule has 172 valence electrons. The summed E-state index contributed by atoms with van der Waals surface area (Å²) in [4.78, 5) is 22.4. The zero-order valence-corrected chi connectivity index (χ0v) is 19.2. The van der Waals surface area contributed by atoms with Gasteiger partial charge in [-0.15, -0.1) is 0 Å². The number of pyridine rings is 1. The maximum absolute atomic E-state index is 13.4. The Kier molecular flexibility index (Phi) is 8.13. The molecule has 0 saturated carbocycles. The molecule has 3 heterocycles. The topological polar surface area (TPSA) is 57.7 Å². The monoisotopic (exact) mass is 436 g/mol. The number of aromatic nitrogens is 1. The van der Waals surface area contributed by atoms with E-state index in [0.717, 1.165) is 64.3 Å². The summed E-state index contributed by atoms with van der Waals surface area (Å²) in [5.74, 6) is 2.44. The van der Waals surface area contributed by atoms with Crippen molar-refractivity contribution in [1.82, 2.24) is 15.2 Å². The first-order valence-electron chi connectivity index (χ1n) is 12.0. The molecule has 4 rings (SSSR count). The summed E-state index contributed by atoms with van der Waals surface area (Å²) in [6.07, 6.45) is 6.94. The Morgan fingerprint density at radius 2 is 1.84 bits per heavy atom. The van der Waals surface area contributed by atoms with Crippen molar-refractivity contribution in [3.63, 3.8) is 0 Å². The molecule has 2 aromatic rings. The second-order valence-electron chi connectivity index (χ2n) is 9.06. The van der Waals surface area contributed by atoms with E-state index in [1.165, 1.54) is 18.4 Å². The van der Waals surface area contributed by atoms with Gasteiger partial charge in [0, 0.05) is 19.0 Å². The standard InChI is InChI=1S/C26H36N4O2/c1-32-24-7-8-25(28-19-24)30(26(31)23-9-14-27-15-10-23)18-13-21-11-16-29(17-12-21)20-22-5-3-2-4-6-22/h2-8,19,21,23,27H,9-18,20H2,1H3. The highest BCUT2D eigenvalue weighted by Crippen LogP contribution is 2.26. The van der Waals surface area contributed by atoms with Crippen LogP contribution in [0.1, 0.15) is 37.7 Å². The predicted octanol–water partition coefficient (Wildman–Crippen LogP) is 3.73. The Morgan fingerprint density at radius 1 is 1.09 bits per heavy atom. The van der Waals surface area contributed by atoms with E-state index in [4.69, 9.17) is 4.74 Å². The van der Waals surface area contributed by atoms with Gasteiger partial charge in [-0.25, -0.2) is 4.98 Å². The molecule has 1 amide bonds. The molecule has 32 heavy (non-hydrogen) atoms. The van der Waals surface area contributed by atoms with Gasteiger partial charge < -0.3 is 10.1 Å². The average molecular weight is 437 g/mol. The summed E-state index contributed by atoms with van der Waals surface area (Å²) in [7, 11) is 1.64. The molecule has 0 bridgehead atoms. The third kappa shape index (κ3) is 6.08. The van der Waals surface area contributed by atoms with E-state index in [0.29, 0.717) is 11.7 Å². The highest BCUT2D eigenvalue weighted by Gasteiger charge is 2.28. The lowest BCUT2D eigenvalue weighted by molar-refractivity contribution is -0.123. The summed E-state index contributed by atoms with van der Waals surface area (Å²) < 4.78 is 5.25. The molecule has 0 unspecified atom stereocenters. The Labute approximate surface area is 192 Å². The Morgan fingerprint density at radius 3 is 2.50 bits per heavy atom. The third-order valence-electron chi connectivity index (χ3n) is 6.90. The van der Waals surface area contributed by atoms with Gasteiger partial charge in [0.1, 0.15) is 11.6 Å². The number of carbonyl (C=O) groups excluding carboxylic acids is 1. The van der Waals surface area contributed by atoms with E-state index in [2.05, 4.69) is 45.5 Å². The molecule has 0 atom stereocenters. The van der Waals surface area contributed by atoms with Crippen LogP contribution in [0.3, 0.4) is 0 Å². The van der Waals surface area contributed by atoms with Crippen LogP contribution >= 0.6 is 0 Å². The van der Waals surface area contributed by atoms with Gasteiger partial charge in [0.05, 0.1) is 13.3 Å². The van der Waals surface area contributed by atoms with E-state index in [1.807, 2.05) is 17.0 Å². The Bertz CT molecular complexity index is 829. The Balaban J connectivity index is 1.34. The van der Waals surface area contributed by atoms with Crippen LogP contribution in [-0.2, 0) is 11.3 Å². The van der Waals surface area contributed by atoms with Crippen molar-refractivity contribution in [2.24, 2.45) is 11.8 Å². The molecular formula is C26H36N4O2. The minimum Gasteiger partial charge on any atom is -0.495 e. The molecule has 2 aliphatic rings. The normalized spacial score (nSPS) is 18.4. The fraction of sp³-hybridized carbons (Fsp3) is 0.538. The summed E-state index contributed by atoms with van der Waals surface area (Å²) in [6.45, 7) is 5.86. The van der Waals surface area contributed by atoms with Crippen LogP contribution in [0.4, 0.5) is 5.82 Å². The number of methoxy groups -OCH3 is 1. The fourth-order valence-corrected chi connectivity index (χ4v) is 4.87. The molecule has 2 aliphatic heterocycles. The van der Waals surface area contributed by atoms with Crippen LogP contribution in [0, 0.1) is 11.8 Å². The van der Waals surface area contributed by atoms with Crippen molar-refractivity contribution in [3.05, 3.63) is 54.2 Å². The van der Waals surface area contributed by atoms with Gasteiger partial charge >= 0.3 is 0 Å². The van der Waals surface area contributed by atoms with Crippen molar-refractivity contribution < 1.29 is 9.53 Å². The number of piperidine rings is 2. The first-order valence-corrected chi connectivity index (χ1v) is 12.0. The van der Waals surface area contributed by atoms with Gasteiger partial charge in [0.25, 0.3) is 0 Å². The van der Waals surface area contributed by atoms with Crippen LogP contribution in [-0.4, -0.2) is 55.6 Å². The molecule has 0 spiro atoms. The average Bonchev–Trinajstić information content (AvgIpc) is 2.86. The lowest BCUT2D eigenvalue weighted by Gasteiger charge is -2.34. The summed E-state index contributed by atoms with van der Waals surface area (Å²) >= 11 is 0. The predicted molar refractivity (Wildman–Crippen MR) is 128 cm³/mol. The van der Waals surface area contributed by atoms with Crippen LogP contribution in [0.5, 0.6) is 5.75 Å². The summed E-state index contributed by atoms with van der Waals surface area (Å²) in [6, 6.07) is 14.5. The number of nitrogens with one attached hydrogen (secondary N) is 1. The number of ether oxygens (including phenoxy) is 1. The highest BCUT2D eigenvalue weighted by atomic mass is 16.5. The van der Waals surface area contributed by atoms with Gasteiger partial charge in [0.15, 0.2) is 0 Å². The number of anilines is 1. The smallest absolute Gasteiger partial charge is 0.231 e. The SMILES string of the molecule is COc1ccc(N(CCC2CCN(Cc3ccccc3)CC2)C(=O)C2CCNCC2)nc1. The molecule has 6 heteroatoms. The van der Waals surface area contributed by atoms with E-state index in [1.54, 1.807) is 13.3 Å². The largest absolute Gasteiger partial charge is 0.495 e. The van der Waals surface area contributed by atoms with Gasteiger partial charge in [-0.3, -0.25) is 14.6 Å². The van der Waals surface area contributed by atoms with Crippen LogP contribution in [0.25, 0.3) is 0 Å². The van der Waals surface area contributed by atoms with E-state index < -0.39 is 0 Å². The fourth-order valence-electron chi connectivity index (χ4n) is 4.87. The lowest BCUT2D eigenvalue weighted by atomic mass is 9.92. The zero-order chi connectivity index (χ0) is 22.2. The second-order valence-corrected chi connectivity index (χ2v) is 9.06. The number of hydrogen-bond acceptors (Lipinski definition) is 5. The quantitative estimate of drug-likeness (QED) is 0.683. The third-order valence-corrected chi connectivity index (χ3v) is 6.90. The van der Waals surface area contributed by atoms with Crippen molar-refractivity contribution in [1.29, 1.82) is 0 Å². The molecule has 1 N–H and O–H groups in total. The molecule has 1 aromatic heterocycles. The molecule has 1 aromatic carbocycles. The van der Waals surface area contributed by atoms with Gasteiger partial charge in [-0.2, -0.15) is 0 Å². The van der Waals surface area contributed by atoms with Crippen LogP contribution in [0.2, 0.25) is 0 Å². The molecular weight excluding hydrogens is 400 g/mol. The van der Waals surface area contributed by atoms with Crippen molar-refractivity contribution in [2.75, 3.05) is 44.7 Å². The summed E-state index contributed by atoms with van der Waals surface area (Å²) in [5, 5.41) is 3.36. The Hall–Kier alpha value is -2.44. The van der Waals surface area contributed by atoms with E-state index >= 15 is 0 Å². The molecule has 0 radical (unpaired) electrons. The highest BCUT2D eigenvalue weighted by molar-refractivity contribution is 5.94. The van der Waals surface area contributed by atoms with Crippen molar-refractivity contribution in [2.45, 2.75) is 38.6 Å². The van der Waals surface area contributed by atoms with Crippen molar-refractivity contribution >= 4 is 11.7 Å². The number of nitrogens with zero attached hydrogens (tertiary/aromatic N) is 3. The molecule has 2 fully saturated rings. The van der Waals surface area contributed by atoms with Gasteiger partial charge in [0.2, 0.25) is 5.91 Å². The minimum atomic E-state index is 0.0906. The number of amides is 1. The zero-order valence-electron chi connectivity index (χ0n) is 19.2. The first kappa shape index (κ1) is 22.7. The molecule has 0 aliphatic carbocycles. The maximum Gasteiger partial charge on any atom is 0.231 e. The maximum atomic E-state index is 13.4. The number of rotatable bonds is 8. The number of benzene rings is 1. The number of likely N-dealkylation sites (tertiary alicyclic amines) is 1. The lowest BCUT2D eigenvalue weighted by Crippen LogP contribution is -2.43. The van der Waals surface area contributed by atoms with Crippen molar-refractivity contribution in [3.8, 4) is 5.75 Å². The number of hydrogen-bond donors (Lipinski definition) is 1. The first-order chi connectivity index (χ1) is 15.7. The minimum absolute atomic E-state index is 0.0906. The second kappa shape index (κ2) is 11.4. The van der Waals surface area contributed by atoms with Gasteiger partial charge in [-0.05, 0) is 81.9 Å². The van der Waals surface area contributed by atoms with Crippen LogP contribution in [0.15, 0.2) is 48.7 Å².